The van der Waals surface area contributed by atoms with Crippen LogP contribution in [0.15, 0.2) is 0 Å². The molecule has 1 saturated heterocycles. The number of hydrogen-bond donors (Lipinski definition) is 6. The summed E-state index contributed by atoms with van der Waals surface area (Å²) in [4.78, 5) is 64.1. The Morgan fingerprint density at radius 3 is 1.32 bits per heavy atom. The second kappa shape index (κ2) is 18.4. The average molecular weight is 547 g/mol. The maximum atomic E-state index is 12.6. The van der Waals surface area contributed by atoms with Crippen molar-refractivity contribution in [2.45, 2.75) is 31.7 Å². The predicted octanol–water partition coefficient (Wildman–Crippen LogP) is -2.45. The van der Waals surface area contributed by atoms with Crippen molar-refractivity contribution in [1.82, 2.24) is 24.9 Å². The first-order valence-electron chi connectivity index (χ1n) is 12.8. The molecule has 1 unspecified atom stereocenters. The number of carboxylic acid groups (broad SMARTS) is 4. The highest BCUT2D eigenvalue weighted by atomic mass is 16.4. The number of aliphatic carboxylic acids is 4. The van der Waals surface area contributed by atoms with Gasteiger partial charge in [0, 0.05) is 58.9 Å². The van der Waals surface area contributed by atoms with Gasteiger partial charge in [-0.1, -0.05) is 12.8 Å². The fourth-order valence-electron chi connectivity index (χ4n) is 4.06. The molecule has 218 valence electrons. The molecule has 1 aliphatic rings. The van der Waals surface area contributed by atoms with Crippen LogP contribution in [0.3, 0.4) is 0 Å². The Morgan fingerprint density at radius 1 is 0.605 bits per heavy atom. The van der Waals surface area contributed by atoms with E-state index < -0.39 is 29.9 Å². The summed E-state index contributed by atoms with van der Waals surface area (Å²) < 4.78 is 0. The molecule has 7 N–H and O–H groups in total. The normalized spacial score (nSPS) is 18.1. The number of nitrogens with one attached hydrogen (secondary N) is 1. The highest BCUT2D eigenvalue weighted by Gasteiger charge is 2.21. The molecule has 1 heterocycles. The number of hydrogen-bond acceptors (Lipinski definition) is 10. The largest absolute Gasteiger partial charge is 0.480 e. The Kier molecular flexibility index (Phi) is 16.1. The van der Waals surface area contributed by atoms with E-state index in [4.69, 9.17) is 10.8 Å². The molecule has 38 heavy (non-hydrogen) atoms. The molecule has 0 aliphatic carbocycles. The van der Waals surface area contributed by atoms with E-state index in [1.165, 1.54) is 0 Å². The molecular formula is C23H42N6O9. The van der Waals surface area contributed by atoms with Gasteiger partial charge in [0.15, 0.2) is 0 Å². The lowest BCUT2D eigenvalue weighted by Gasteiger charge is -2.32. The number of nitrogens with zero attached hydrogens (tertiary/aromatic N) is 4. The summed E-state index contributed by atoms with van der Waals surface area (Å²) in [6.07, 6.45) is 2.39. The van der Waals surface area contributed by atoms with Gasteiger partial charge in [-0.25, -0.2) is 0 Å². The number of nitrogens with two attached hydrogens (primary N) is 1. The van der Waals surface area contributed by atoms with Crippen molar-refractivity contribution >= 4 is 29.8 Å². The lowest BCUT2D eigenvalue weighted by molar-refractivity contribution is -0.140. The standard InChI is InChI=1S/C23H42N6O9/c24-18(23(37)38)4-2-1-3-5-25-19(30)14-26-6-8-27(15-20(31)32)10-12-29(17-22(35)36)13-11-28(9-7-26)16-21(33)34/h18H,1-17,24H2,(H,25,30)(H,31,32)(H,33,34)(H,35,36)(H,37,38). The Balaban J connectivity index is 2.72. The van der Waals surface area contributed by atoms with Crippen LogP contribution in [0.4, 0.5) is 0 Å². The van der Waals surface area contributed by atoms with Gasteiger partial charge in [-0.05, 0) is 12.8 Å². The summed E-state index contributed by atoms with van der Waals surface area (Å²) in [5.41, 5.74) is 5.47. The molecule has 0 radical (unpaired) electrons. The Morgan fingerprint density at radius 2 is 0.974 bits per heavy atom. The molecule has 0 bridgehead atoms. The second-order valence-electron chi connectivity index (χ2n) is 9.43. The van der Waals surface area contributed by atoms with E-state index in [-0.39, 0.29) is 32.1 Å². The van der Waals surface area contributed by atoms with Crippen molar-refractivity contribution in [1.29, 1.82) is 0 Å². The van der Waals surface area contributed by atoms with Crippen LogP contribution in [0.2, 0.25) is 0 Å². The highest BCUT2D eigenvalue weighted by Crippen LogP contribution is 2.03. The number of rotatable bonds is 15. The quantitative estimate of drug-likeness (QED) is 0.118. The zero-order chi connectivity index (χ0) is 28.5. The first-order chi connectivity index (χ1) is 18.0. The van der Waals surface area contributed by atoms with Gasteiger partial charge in [-0.15, -0.1) is 0 Å². The molecule has 0 aromatic carbocycles. The Hall–Kier alpha value is -2.85. The molecule has 1 rings (SSSR count). The minimum absolute atomic E-state index is 0.0524. The number of carboxylic acids is 4. The minimum Gasteiger partial charge on any atom is -0.480 e. The molecular weight excluding hydrogens is 504 g/mol. The highest BCUT2D eigenvalue weighted by molar-refractivity contribution is 5.78. The van der Waals surface area contributed by atoms with E-state index >= 15 is 0 Å². The number of amides is 1. The summed E-state index contributed by atoms with van der Waals surface area (Å²) >= 11 is 0. The molecule has 0 aromatic rings. The number of carbonyl (C=O) groups excluding carboxylic acids is 1. The topological polar surface area (TPSA) is 217 Å². The summed E-state index contributed by atoms with van der Waals surface area (Å²) in [7, 11) is 0. The van der Waals surface area contributed by atoms with Crippen LogP contribution in [0, 0.1) is 0 Å². The molecule has 1 fully saturated rings. The van der Waals surface area contributed by atoms with Gasteiger partial charge in [-0.3, -0.25) is 43.6 Å². The van der Waals surface area contributed by atoms with E-state index in [0.29, 0.717) is 78.2 Å². The molecule has 1 amide bonds. The molecule has 1 aliphatic heterocycles. The Bertz CT molecular complexity index is 752. The van der Waals surface area contributed by atoms with Gasteiger partial charge < -0.3 is 31.5 Å². The summed E-state index contributed by atoms with van der Waals surface area (Å²) in [5, 5.41) is 39.4. The van der Waals surface area contributed by atoms with Crippen molar-refractivity contribution < 1.29 is 44.4 Å². The van der Waals surface area contributed by atoms with Crippen molar-refractivity contribution in [3.63, 3.8) is 0 Å². The molecule has 1 atom stereocenters. The van der Waals surface area contributed by atoms with Crippen molar-refractivity contribution in [3.8, 4) is 0 Å². The summed E-state index contributed by atoms with van der Waals surface area (Å²) in [5.74, 6) is -4.30. The predicted molar refractivity (Wildman–Crippen MR) is 136 cm³/mol. The van der Waals surface area contributed by atoms with E-state index in [1.54, 1.807) is 14.7 Å². The zero-order valence-electron chi connectivity index (χ0n) is 21.8. The lowest BCUT2D eigenvalue weighted by atomic mass is 10.1. The van der Waals surface area contributed by atoms with Crippen LogP contribution in [-0.4, -0.2) is 161 Å². The van der Waals surface area contributed by atoms with E-state index in [2.05, 4.69) is 5.32 Å². The van der Waals surface area contributed by atoms with Gasteiger partial charge >= 0.3 is 23.9 Å². The molecule has 0 spiro atoms. The lowest BCUT2D eigenvalue weighted by Crippen LogP contribution is -2.49. The van der Waals surface area contributed by atoms with Gasteiger partial charge in [0.05, 0.1) is 26.2 Å². The van der Waals surface area contributed by atoms with Gasteiger partial charge in [0.25, 0.3) is 0 Å². The minimum atomic E-state index is -1.04. The molecule has 15 nitrogen and oxygen atoms in total. The summed E-state index contributed by atoms with van der Waals surface area (Å²) in [6.45, 7) is 2.43. The molecule has 0 aromatic heterocycles. The Labute approximate surface area is 222 Å². The third-order valence-electron chi connectivity index (χ3n) is 6.20. The zero-order valence-corrected chi connectivity index (χ0v) is 21.8. The van der Waals surface area contributed by atoms with Gasteiger partial charge in [-0.2, -0.15) is 0 Å². The van der Waals surface area contributed by atoms with Crippen LogP contribution in [-0.2, 0) is 24.0 Å². The van der Waals surface area contributed by atoms with Crippen molar-refractivity contribution in [2.75, 3.05) is 85.1 Å². The SMILES string of the molecule is NC(CCCCCNC(=O)CN1CCN(CC(=O)O)CCN(CC(=O)O)CCN(CC(=O)O)CC1)C(=O)O. The van der Waals surface area contributed by atoms with Crippen LogP contribution in [0.5, 0.6) is 0 Å². The van der Waals surface area contributed by atoms with E-state index in [0.717, 1.165) is 6.42 Å². The van der Waals surface area contributed by atoms with Crippen LogP contribution in [0.1, 0.15) is 25.7 Å². The molecule has 0 saturated carbocycles. The fourth-order valence-corrected chi connectivity index (χ4v) is 4.06. The first-order valence-corrected chi connectivity index (χ1v) is 12.8. The van der Waals surface area contributed by atoms with Gasteiger partial charge in [0.1, 0.15) is 6.04 Å². The number of unbranched alkanes of at least 4 members (excludes halogenated alkanes) is 2. The first kappa shape index (κ1) is 33.2. The monoisotopic (exact) mass is 546 g/mol. The number of carbonyl (C=O) groups is 5. The van der Waals surface area contributed by atoms with Crippen molar-refractivity contribution in [3.05, 3.63) is 0 Å². The van der Waals surface area contributed by atoms with Crippen LogP contribution < -0.4 is 11.1 Å². The maximum absolute atomic E-state index is 12.6. The third-order valence-corrected chi connectivity index (χ3v) is 6.20. The maximum Gasteiger partial charge on any atom is 0.320 e. The smallest absolute Gasteiger partial charge is 0.320 e. The fraction of sp³-hybridized carbons (Fsp3) is 0.783. The van der Waals surface area contributed by atoms with Crippen molar-refractivity contribution in [2.24, 2.45) is 5.73 Å². The van der Waals surface area contributed by atoms with E-state index in [9.17, 15) is 39.3 Å². The average Bonchev–Trinajstić information content (AvgIpc) is 2.81. The van der Waals surface area contributed by atoms with Crippen LogP contribution in [0.25, 0.3) is 0 Å². The summed E-state index contributed by atoms with van der Waals surface area (Å²) in [6, 6.07) is -0.889. The van der Waals surface area contributed by atoms with Crippen LogP contribution >= 0.6 is 0 Å². The third kappa shape index (κ3) is 16.1. The van der Waals surface area contributed by atoms with E-state index in [1.807, 2.05) is 4.90 Å². The molecule has 15 heteroatoms. The van der Waals surface area contributed by atoms with Gasteiger partial charge in [0.2, 0.25) is 5.91 Å². The second-order valence-corrected chi connectivity index (χ2v) is 9.43.